The number of nitrogens with one attached hydrogen (secondary N) is 1. The monoisotopic (exact) mass is 424 g/mol. The van der Waals surface area contributed by atoms with E-state index in [9.17, 15) is 4.79 Å². The number of hydrogen-bond acceptors (Lipinski definition) is 4. The number of ether oxygens (including phenoxy) is 2. The molecule has 7 heteroatoms. The Morgan fingerprint density at radius 2 is 1.82 bits per heavy atom. The summed E-state index contributed by atoms with van der Waals surface area (Å²) in [6, 6.07) is 10.6. The highest BCUT2D eigenvalue weighted by Gasteiger charge is 2.15. The van der Waals surface area contributed by atoms with Gasteiger partial charge < -0.3 is 9.47 Å². The predicted octanol–water partition coefficient (Wildman–Crippen LogP) is 3.70. The second-order valence-electron chi connectivity index (χ2n) is 4.43. The minimum absolute atomic E-state index is 0.211. The number of carbonyl (C=O) groups is 1. The third-order valence-electron chi connectivity index (χ3n) is 2.97. The van der Waals surface area contributed by atoms with Crippen LogP contribution in [0.4, 0.5) is 0 Å². The first-order valence-corrected chi connectivity index (χ1v) is 7.90. The molecular weight excluding hydrogens is 416 g/mol. The maximum atomic E-state index is 11.9. The lowest BCUT2D eigenvalue weighted by molar-refractivity contribution is 0.0955. The first-order valence-electron chi connectivity index (χ1n) is 6.31. The van der Waals surface area contributed by atoms with Gasteiger partial charge in [-0.2, -0.15) is 5.10 Å². The largest absolute Gasteiger partial charge is 0.454 e. The predicted molar refractivity (Wildman–Crippen MR) is 89.5 cm³/mol. The Bertz CT molecular complexity index is 745. The summed E-state index contributed by atoms with van der Waals surface area (Å²) in [6.07, 6.45) is 1.54. The van der Waals surface area contributed by atoms with Gasteiger partial charge in [0.25, 0.3) is 5.91 Å². The molecule has 0 radical (unpaired) electrons. The maximum absolute atomic E-state index is 11.9. The second kappa shape index (κ2) is 6.50. The lowest BCUT2D eigenvalue weighted by Gasteiger charge is -2.02. The molecule has 0 saturated carbocycles. The summed E-state index contributed by atoms with van der Waals surface area (Å²) in [4.78, 5) is 11.9. The molecule has 3 rings (SSSR count). The van der Waals surface area contributed by atoms with Gasteiger partial charge in [0, 0.05) is 20.1 Å². The van der Waals surface area contributed by atoms with E-state index in [4.69, 9.17) is 9.47 Å². The summed E-state index contributed by atoms with van der Waals surface area (Å²) in [6.45, 7) is 0.211. The molecule has 1 amide bonds. The maximum Gasteiger partial charge on any atom is 0.271 e. The Labute approximate surface area is 143 Å². The van der Waals surface area contributed by atoms with Crippen molar-refractivity contribution in [3.05, 3.63) is 56.5 Å². The van der Waals surface area contributed by atoms with Crippen LogP contribution in [0.1, 0.15) is 15.9 Å². The van der Waals surface area contributed by atoms with Gasteiger partial charge in [0.2, 0.25) is 6.79 Å². The molecule has 1 N–H and O–H groups in total. The minimum Gasteiger partial charge on any atom is -0.454 e. The molecule has 0 unspecified atom stereocenters. The van der Waals surface area contributed by atoms with Crippen LogP contribution in [-0.2, 0) is 0 Å². The van der Waals surface area contributed by atoms with Gasteiger partial charge in [0.1, 0.15) is 0 Å². The molecule has 0 saturated heterocycles. The van der Waals surface area contributed by atoms with Crippen LogP contribution in [0.25, 0.3) is 0 Å². The van der Waals surface area contributed by atoms with E-state index in [2.05, 4.69) is 42.4 Å². The molecule has 0 aliphatic carbocycles. The summed E-state index contributed by atoms with van der Waals surface area (Å²) in [7, 11) is 0. The highest BCUT2D eigenvalue weighted by Crippen LogP contribution is 2.36. The van der Waals surface area contributed by atoms with E-state index >= 15 is 0 Å². The number of amides is 1. The van der Waals surface area contributed by atoms with Crippen LogP contribution in [0.3, 0.4) is 0 Å². The Morgan fingerprint density at radius 1 is 1.14 bits per heavy atom. The number of rotatable bonds is 3. The lowest BCUT2D eigenvalue weighted by Crippen LogP contribution is -2.17. The van der Waals surface area contributed by atoms with Gasteiger partial charge >= 0.3 is 0 Å². The molecule has 22 heavy (non-hydrogen) atoms. The van der Waals surface area contributed by atoms with Crippen molar-refractivity contribution in [1.82, 2.24) is 5.43 Å². The number of carbonyl (C=O) groups excluding carboxylic acids is 1. The van der Waals surface area contributed by atoms with Crippen molar-refractivity contribution < 1.29 is 14.3 Å². The van der Waals surface area contributed by atoms with Crippen LogP contribution in [0.15, 0.2) is 50.4 Å². The summed E-state index contributed by atoms with van der Waals surface area (Å²) >= 11 is 6.75. The fraction of sp³-hybridized carbons (Fsp3) is 0.0667. The van der Waals surface area contributed by atoms with E-state index in [-0.39, 0.29) is 12.7 Å². The van der Waals surface area contributed by atoms with Crippen LogP contribution < -0.4 is 14.9 Å². The lowest BCUT2D eigenvalue weighted by atomic mass is 10.2. The smallest absolute Gasteiger partial charge is 0.271 e. The number of benzene rings is 2. The number of halogens is 2. The molecular formula is C15H10Br2N2O3. The molecule has 1 heterocycles. The highest BCUT2D eigenvalue weighted by molar-refractivity contribution is 9.10. The van der Waals surface area contributed by atoms with Crippen molar-refractivity contribution in [2.24, 2.45) is 5.10 Å². The molecule has 0 bridgehead atoms. The van der Waals surface area contributed by atoms with Gasteiger partial charge in [-0.05, 0) is 52.3 Å². The Morgan fingerprint density at radius 3 is 2.55 bits per heavy atom. The standard InChI is InChI=1S/C15H10Br2N2O3/c16-11-3-1-9(2-4-11)15(20)19-18-7-10-5-13-14(6-12(10)17)22-8-21-13/h1-7H,8H2,(H,19,20)/b18-7+. The molecule has 2 aromatic carbocycles. The average Bonchev–Trinajstić information content (AvgIpc) is 2.95. The quantitative estimate of drug-likeness (QED) is 0.602. The zero-order valence-electron chi connectivity index (χ0n) is 11.2. The highest BCUT2D eigenvalue weighted by atomic mass is 79.9. The van der Waals surface area contributed by atoms with Gasteiger partial charge in [-0.1, -0.05) is 15.9 Å². The van der Waals surface area contributed by atoms with E-state index < -0.39 is 0 Å². The van der Waals surface area contributed by atoms with Crippen molar-refractivity contribution in [2.75, 3.05) is 6.79 Å². The van der Waals surface area contributed by atoms with Gasteiger partial charge in [-0.15, -0.1) is 0 Å². The average molecular weight is 426 g/mol. The normalized spacial score (nSPS) is 12.6. The minimum atomic E-state index is -0.277. The number of hydrazone groups is 1. The Kier molecular flexibility index (Phi) is 4.44. The summed E-state index contributed by atoms with van der Waals surface area (Å²) in [5.74, 6) is 1.06. The molecule has 112 valence electrons. The van der Waals surface area contributed by atoms with Gasteiger partial charge in [-0.25, -0.2) is 5.43 Å². The Balaban J connectivity index is 1.70. The van der Waals surface area contributed by atoms with Crippen molar-refractivity contribution in [3.8, 4) is 11.5 Å². The number of fused-ring (bicyclic) bond motifs is 1. The topological polar surface area (TPSA) is 59.9 Å². The summed E-state index contributed by atoms with van der Waals surface area (Å²) < 4.78 is 12.3. The Hall–Kier alpha value is -1.86. The van der Waals surface area contributed by atoms with Crippen LogP contribution >= 0.6 is 31.9 Å². The van der Waals surface area contributed by atoms with E-state index in [1.165, 1.54) is 0 Å². The first-order chi connectivity index (χ1) is 10.6. The molecule has 1 aliphatic heterocycles. The second-order valence-corrected chi connectivity index (χ2v) is 6.20. The zero-order chi connectivity index (χ0) is 15.5. The fourth-order valence-electron chi connectivity index (χ4n) is 1.86. The molecule has 5 nitrogen and oxygen atoms in total. The molecule has 1 aliphatic rings. The molecule has 0 fully saturated rings. The number of hydrogen-bond donors (Lipinski definition) is 1. The third-order valence-corrected chi connectivity index (χ3v) is 4.18. The third kappa shape index (κ3) is 3.31. The van der Waals surface area contributed by atoms with Crippen LogP contribution in [-0.4, -0.2) is 18.9 Å². The van der Waals surface area contributed by atoms with Crippen molar-refractivity contribution in [1.29, 1.82) is 0 Å². The molecule has 0 spiro atoms. The molecule has 0 atom stereocenters. The summed E-state index contributed by atoms with van der Waals surface area (Å²) in [5, 5.41) is 3.96. The van der Waals surface area contributed by atoms with E-state index in [0.29, 0.717) is 17.1 Å². The van der Waals surface area contributed by atoms with Crippen molar-refractivity contribution in [2.45, 2.75) is 0 Å². The molecule has 2 aromatic rings. The zero-order valence-corrected chi connectivity index (χ0v) is 14.3. The van der Waals surface area contributed by atoms with Crippen molar-refractivity contribution in [3.63, 3.8) is 0 Å². The fourth-order valence-corrected chi connectivity index (χ4v) is 2.55. The summed E-state index contributed by atoms with van der Waals surface area (Å²) in [5.41, 5.74) is 3.79. The van der Waals surface area contributed by atoms with Crippen LogP contribution in [0.2, 0.25) is 0 Å². The van der Waals surface area contributed by atoms with E-state index in [1.807, 2.05) is 0 Å². The van der Waals surface area contributed by atoms with Crippen LogP contribution in [0.5, 0.6) is 11.5 Å². The van der Waals surface area contributed by atoms with Crippen molar-refractivity contribution >= 4 is 44.0 Å². The number of nitrogens with zero attached hydrogens (tertiary/aromatic N) is 1. The van der Waals surface area contributed by atoms with Crippen LogP contribution in [0, 0.1) is 0 Å². The molecule has 0 aromatic heterocycles. The van der Waals surface area contributed by atoms with E-state index in [1.54, 1.807) is 42.6 Å². The van der Waals surface area contributed by atoms with Gasteiger partial charge in [0.05, 0.1) is 6.21 Å². The van der Waals surface area contributed by atoms with Gasteiger partial charge in [-0.3, -0.25) is 4.79 Å². The SMILES string of the molecule is O=C(N/N=C/c1cc2c(cc1Br)OCO2)c1ccc(Br)cc1. The van der Waals surface area contributed by atoms with Gasteiger partial charge in [0.15, 0.2) is 11.5 Å². The first kappa shape index (κ1) is 15.1. The van der Waals surface area contributed by atoms with E-state index in [0.717, 1.165) is 14.5 Å².